The molecule has 2 atom stereocenters. The van der Waals surface area contributed by atoms with E-state index in [1.807, 2.05) is 12.1 Å². The lowest BCUT2D eigenvalue weighted by atomic mass is 10.1. The molecule has 0 aliphatic heterocycles. The average molecular weight is 297 g/mol. The van der Waals surface area contributed by atoms with Gasteiger partial charge in [-0.05, 0) is 56.6 Å². The average Bonchev–Trinajstić information content (AvgIpc) is 2.38. The molecule has 2 nitrogen and oxygen atoms in total. The van der Waals surface area contributed by atoms with Crippen LogP contribution in [0.25, 0.3) is 0 Å². The third kappa shape index (κ3) is 6.25. The van der Waals surface area contributed by atoms with Crippen molar-refractivity contribution in [2.45, 2.75) is 33.7 Å². The summed E-state index contributed by atoms with van der Waals surface area (Å²) >= 11 is 5.94. The molecule has 20 heavy (non-hydrogen) atoms. The Morgan fingerprint density at radius 3 is 2.20 bits per heavy atom. The zero-order valence-corrected chi connectivity index (χ0v) is 14.2. The second-order valence-electron chi connectivity index (χ2n) is 6.32. The van der Waals surface area contributed by atoms with Crippen molar-refractivity contribution in [3.05, 3.63) is 34.9 Å². The van der Waals surface area contributed by atoms with Crippen LogP contribution in [0, 0.1) is 11.8 Å². The fraction of sp³-hybridized carbons (Fsp3) is 0.647. The number of halogens is 1. The number of nitrogens with zero attached hydrogens (tertiary/aromatic N) is 1. The van der Waals surface area contributed by atoms with Gasteiger partial charge in [-0.1, -0.05) is 44.5 Å². The van der Waals surface area contributed by atoms with E-state index in [2.05, 4.69) is 57.1 Å². The van der Waals surface area contributed by atoms with Crippen molar-refractivity contribution in [1.82, 2.24) is 10.2 Å². The summed E-state index contributed by atoms with van der Waals surface area (Å²) in [6.45, 7) is 12.3. The fourth-order valence-corrected chi connectivity index (χ4v) is 2.45. The molecule has 1 N–H and O–H groups in total. The zero-order chi connectivity index (χ0) is 15.1. The molecule has 0 amide bonds. The van der Waals surface area contributed by atoms with Gasteiger partial charge < -0.3 is 5.32 Å². The van der Waals surface area contributed by atoms with Gasteiger partial charge in [-0.25, -0.2) is 0 Å². The molecular weight excluding hydrogens is 268 g/mol. The van der Waals surface area contributed by atoms with E-state index in [0.29, 0.717) is 17.9 Å². The first-order chi connectivity index (χ1) is 9.40. The maximum Gasteiger partial charge on any atom is 0.0406 e. The Bertz CT molecular complexity index is 375. The number of nitrogens with one attached hydrogen (secondary N) is 1. The molecule has 1 aromatic rings. The second-order valence-corrected chi connectivity index (χ2v) is 6.76. The monoisotopic (exact) mass is 296 g/mol. The highest BCUT2D eigenvalue weighted by Crippen LogP contribution is 2.21. The Morgan fingerprint density at radius 2 is 1.65 bits per heavy atom. The lowest BCUT2D eigenvalue weighted by molar-refractivity contribution is 0.223. The van der Waals surface area contributed by atoms with E-state index in [1.165, 1.54) is 5.56 Å². The largest absolute Gasteiger partial charge is 0.316 e. The van der Waals surface area contributed by atoms with Crippen molar-refractivity contribution in [1.29, 1.82) is 0 Å². The van der Waals surface area contributed by atoms with Crippen LogP contribution < -0.4 is 5.32 Å². The third-order valence-corrected chi connectivity index (χ3v) is 3.91. The van der Waals surface area contributed by atoms with Gasteiger partial charge in [-0.2, -0.15) is 0 Å². The lowest BCUT2D eigenvalue weighted by Gasteiger charge is -2.28. The molecule has 1 aromatic carbocycles. The van der Waals surface area contributed by atoms with Crippen molar-refractivity contribution in [2.75, 3.05) is 26.7 Å². The van der Waals surface area contributed by atoms with Crippen LogP contribution in [-0.2, 0) is 0 Å². The van der Waals surface area contributed by atoms with Crippen LogP contribution >= 0.6 is 11.6 Å². The van der Waals surface area contributed by atoms with Crippen LogP contribution in [0.3, 0.4) is 0 Å². The summed E-state index contributed by atoms with van der Waals surface area (Å²) in [5.74, 6) is 1.36. The molecule has 1 rings (SSSR count). The molecule has 0 saturated heterocycles. The third-order valence-electron chi connectivity index (χ3n) is 3.66. The molecule has 0 fully saturated rings. The SMILES string of the molecule is CC(C)CNCC(C)CN(C)C(C)c1ccc(Cl)cc1. The Kier molecular flexibility index (Phi) is 7.57. The minimum absolute atomic E-state index is 0.416. The summed E-state index contributed by atoms with van der Waals surface area (Å²) in [5.41, 5.74) is 1.32. The van der Waals surface area contributed by atoms with Gasteiger partial charge in [-0.3, -0.25) is 4.90 Å². The Balaban J connectivity index is 2.40. The molecule has 0 radical (unpaired) electrons. The summed E-state index contributed by atoms with van der Waals surface area (Å²) in [7, 11) is 2.19. The van der Waals surface area contributed by atoms with Gasteiger partial charge in [-0.15, -0.1) is 0 Å². The zero-order valence-electron chi connectivity index (χ0n) is 13.5. The van der Waals surface area contributed by atoms with Gasteiger partial charge in [0.15, 0.2) is 0 Å². The van der Waals surface area contributed by atoms with E-state index >= 15 is 0 Å². The highest BCUT2D eigenvalue weighted by atomic mass is 35.5. The van der Waals surface area contributed by atoms with Crippen LogP contribution in [0.1, 0.15) is 39.3 Å². The quantitative estimate of drug-likeness (QED) is 0.773. The Hall–Kier alpha value is -0.570. The number of hydrogen-bond donors (Lipinski definition) is 1. The summed E-state index contributed by atoms with van der Waals surface area (Å²) in [6.07, 6.45) is 0. The smallest absolute Gasteiger partial charge is 0.0406 e. The van der Waals surface area contributed by atoms with Gasteiger partial charge >= 0.3 is 0 Å². The number of rotatable bonds is 8. The molecule has 0 aliphatic rings. The fourth-order valence-electron chi connectivity index (χ4n) is 2.33. The van der Waals surface area contributed by atoms with E-state index in [4.69, 9.17) is 11.6 Å². The van der Waals surface area contributed by atoms with Crippen LogP contribution in [-0.4, -0.2) is 31.6 Å². The van der Waals surface area contributed by atoms with Crippen molar-refractivity contribution < 1.29 is 0 Å². The van der Waals surface area contributed by atoms with Crippen LogP contribution in [0.5, 0.6) is 0 Å². The van der Waals surface area contributed by atoms with Crippen LogP contribution in [0.2, 0.25) is 5.02 Å². The first kappa shape index (κ1) is 17.5. The highest BCUT2D eigenvalue weighted by Gasteiger charge is 2.14. The summed E-state index contributed by atoms with van der Waals surface area (Å²) < 4.78 is 0. The Morgan fingerprint density at radius 1 is 1.05 bits per heavy atom. The summed E-state index contributed by atoms with van der Waals surface area (Å²) in [5, 5.41) is 4.33. The van der Waals surface area contributed by atoms with Crippen molar-refractivity contribution >= 4 is 11.6 Å². The van der Waals surface area contributed by atoms with Crippen molar-refractivity contribution in [3.8, 4) is 0 Å². The molecule has 114 valence electrons. The molecule has 2 unspecified atom stereocenters. The normalized spacial score (nSPS) is 14.8. The van der Waals surface area contributed by atoms with E-state index < -0.39 is 0 Å². The lowest BCUT2D eigenvalue weighted by Crippen LogP contribution is -2.33. The minimum Gasteiger partial charge on any atom is -0.316 e. The molecule has 0 spiro atoms. The van der Waals surface area contributed by atoms with Gasteiger partial charge in [0.2, 0.25) is 0 Å². The van der Waals surface area contributed by atoms with E-state index in [1.54, 1.807) is 0 Å². The van der Waals surface area contributed by atoms with Gasteiger partial charge in [0.05, 0.1) is 0 Å². The molecule has 0 bridgehead atoms. The van der Waals surface area contributed by atoms with Crippen LogP contribution in [0.15, 0.2) is 24.3 Å². The highest BCUT2D eigenvalue weighted by molar-refractivity contribution is 6.30. The maximum atomic E-state index is 5.94. The molecule has 0 aromatic heterocycles. The minimum atomic E-state index is 0.416. The van der Waals surface area contributed by atoms with Crippen molar-refractivity contribution in [3.63, 3.8) is 0 Å². The van der Waals surface area contributed by atoms with Crippen LogP contribution in [0.4, 0.5) is 0 Å². The van der Waals surface area contributed by atoms with Gasteiger partial charge in [0.1, 0.15) is 0 Å². The number of benzene rings is 1. The first-order valence-electron chi connectivity index (χ1n) is 7.56. The molecule has 3 heteroatoms. The predicted molar refractivity (Wildman–Crippen MR) is 89.4 cm³/mol. The maximum absolute atomic E-state index is 5.94. The molecule has 0 aliphatic carbocycles. The van der Waals surface area contributed by atoms with E-state index in [9.17, 15) is 0 Å². The molecule has 0 heterocycles. The molecular formula is C17H29ClN2. The first-order valence-corrected chi connectivity index (χ1v) is 7.94. The Labute approximate surface area is 129 Å². The van der Waals surface area contributed by atoms with E-state index in [0.717, 1.165) is 24.7 Å². The standard InChI is InChI=1S/C17H29ClN2/c1-13(2)10-19-11-14(3)12-20(5)15(4)16-6-8-17(18)9-7-16/h6-9,13-15,19H,10-12H2,1-5H3. The van der Waals surface area contributed by atoms with E-state index in [-0.39, 0.29) is 0 Å². The second kappa shape index (κ2) is 8.66. The van der Waals surface area contributed by atoms with Gasteiger partial charge in [0, 0.05) is 17.6 Å². The predicted octanol–water partition coefficient (Wildman–Crippen LogP) is 4.21. The summed E-state index contributed by atoms with van der Waals surface area (Å²) in [4.78, 5) is 2.41. The van der Waals surface area contributed by atoms with Crippen molar-refractivity contribution in [2.24, 2.45) is 11.8 Å². The molecule has 0 saturated carbocycles. The summed E-state index contributed by atoms with van der Waals surface area (Å²) in [6, 6.07) is 8.58. The van der Waals surface area contributed by atoms with Gasteiger partial charge in [0.25, 0.3) is 0 Å². The number of hydrogen-bond acceptors (Lipinski definition) is 2. The topological polar surface area (TPSA) is 15.3 Å².